The van der Waals surface area contributed by atoms with E-state index in [9.17, 15) is 26.7 Å². The summed E-state index contributed by atoms with van der Waals surface area (Å²) in [5.74, 6) is -12.4. The average molecular weight is 316 g/mol. The fourth-order valence-corrected chi connectivity index (χ4v) is 1.81. The van der Waals surface area contributed by atoms with E-state index in [1.807, 2.05) is 12.2 Å². The number of carbonyl (C=O) groups excluding carboxylic acids is 1. The van der Waals surface area contributed by atoms with Crippen molar-refractivity contribution < 1.29 is 26.7 Å². The zero-order valence-corrected chi connectivity index (χ0v) is 11.1. The molecule has 0 bridgehead atoms. The maximum atomic E-state index is 13.3. The summed E-state index contributed by atoms with van der Waals surface area (Å²) in [6, 6.07) is 0. The third-order valence-corrected chi connectivity index (χ3v) is 2.90. The van der Waals surface area contributed by atoms with Crippen molar-refractivity contribution in [1.29, 1.82) is 0 Å². The molecule has 1 N–H and O–H groups in total. The minimum atomic E-state index is -2.31. The number of alkyl halides is 1. The molecule has 1 rings (SSSR count). The molecule has 0 spiro atoms. The van der Waals surface area contributed by atoms with Crippen LogP contribution in [0.2, 0.25) is 0 Å². The van der Waals surface area contributed by atoms with Crippen LogP contribution in [-0.4, -0.2) is 17.8 Å². The Morgan fingerprint density at radius 2 is 1.50 bits per heavy atom. The fourth-order valence-electron chi connectivity index (χ4n) is 1.51. The van der Waals surface area contributed by atoms with Crippen LogP contribution < -0.4 is 5.32 Å². The molecule has 1 amide bonds. The molecule has 0 saturated heterocycles. The van der Waals surface area contributed by atoms with Gasteiger partial charge in [-0.25, -0.2) is 22.0 Å². The SMILES string of the molecule is CCCC(Cl)CNC(=O)c1c(F)c(F)c(F)c(F)c1F. The molecule has 20 heavy (non-hydrogen) atoms. The van der Waals surface area contributed by atoms with Gasteiger partial charge in [-0.05, 0) is 6.42 Å². The lowest BCUT2D eigenvalue weighted by Crippen LogP contribution is -2.32. The van der Waals surface area contributed by atoms with Gasteiger partial charge in [-0.1, -0.05) is 13.3 Å². The molecule has 1 atom stereocenters. The van der Waals surface area contributed by atoms with Crippen molar-refractivity contribution in [3.63, 3.8) is 0 Å². The average Bonchev–Trinajstić information content (AvgIpc) is 2.41. The van der Waals surface area contributed by atoms with Gasteiger partial charge in [-0.3, -0.25) is 4.79 Å². The molecular formula is C12H11ClF5NO. The number of nitrogens with one attached hydrogen (secondary N) is 1. The molecule has 1 aromatic carbocycles. The molecule has 0 aliphatic rings. The molecule has 0 saturated carbocycles. The quantitative estimate of drug-likeness (QED) is 0.383. The van der Waals surface area contributed by atoms with Gasteiger partial charge in [0.2, 0.25) is 5.82 Å². The van der Waals surface area contributed by atoms with Crippen LogP contribution in [0, 0.1) is 29.1 Å². The zero-order chi connectivity index (χ0) is 15.4. The molecular weight excluding hydrogens is 305 g/mol. The normalized spacial score (nSPS) is 12.3. The van der Waals surface area contributed by atoms with Crippen LogP contribution >= 0.6 is 11.6 Å². The summed E-state index contributed by atoms with van der Waals surface area (Å²) >= 11 is 5.77. The molecule has 1 aromatic rings. The number of amides is 1. The van der Waals surface area contributed by atoms with Gasteiger partial charge in [0.15, 0.2) is 23.3 Å². The molecule has 112 valence electrons. The summed E-state index contributed by atoms with van der Waals surface area (Å²) in [5, 5.41) is 1.54. The lowest BCUT2D eigenvalue weighted by Gasteiger charge is -2.11. The van der Waals surface area contributed by atoms with Crippen molar-refractivity contribution in [3.8, 4) is 0 Å². The Bertz CT molecular complexity index is 494. The van der Waals surface area contributed by atoms with Crippen molar-refractivity contribution in [2.45, 2.75) is 25.1 Å². The van der Waals surface area contributed by atoms with Gasteiger partial charge in [-0.15, -0.1) is 11.6 Å². The van der Waals surface area contributed by atoms with Crippen molar-refractivity contribution in [2.24, 2.45) is 0 Å². The number of carbonyl (C=O) groups is 1. The Labute approximate surface area is 116 Å². The molecule has 0 aliphatic heterocycles. The molecule has 0 radical (unpaired) electrons. The van der Waals surface area contributed by atoms with Crippen LogP contribution in [0.15, 0.2) is 0 Å². The summed E-state index contributed by atoms with van der Waals surface area (Å²) in [6.07, 6.45) is 1.24. The first-order valence-electron chi connectivity index (χ1n) is 5.74. The highest BCUT2D eigenvalue weighted by atomic mass is 35.5. The van der Waals surface area contributed by atoms with Crippen LogP contribution in [0.4, 0.5) is 22.0 Å². The van der Waals surface area contributed by atoms with Crippen LogP contribution in [-0.2, 0) is 0 Å². The van der Waals surface area contributed by atoms with Crippen molar-refractivity contribution in [3.05, 3.63) is 34.6 Å². The smallest absolute Gasteiger partial charge is 0.257 e. The Balaban J connectivity index is 3.00. The summed E-state index contributed by atoms with van der Waals surface area (Å²) in [6.45, 7) is 1.69. The Kier molecular flexibility index (Phi) is 5.74. The number of hydrogen-bond donors (Lipinski definition) is 1. The van der Waals surface area contributed by atoms with Gasteiger partial charge in [0, 0.05) is 6.54 Å². The van der Waals surface area contributed by atoms with E-state index in [1.165, 1.54) is 0 Å². The van der Waals surface area contributed by atoms with Crippen LogP contribution in [0.25, 0.3) is 0 Å². The highest BCUT2D eigenvalue weighted by molar-refractivity contribution is 6.20. The first kappa shape index (κ1) is 16.7. The lowest BCUT2D eigenvalue weighted by molar-refractivity contribution is 0.0941. The number of halogens is 6. The van der Waals surface area contributed by atoms with Gasteiger partial charge >= 0.3 is 0 Å². The Hall–Kier alpha value is -1.37. The molecule has 0 fully saturated rings. The van der Waals surface area contributed by atoms with Gasteiger partial charge in [0.1, 0.15) is 5.56 Å². The molecule has 1 unspecified atom stereocenters. The highest BCUT2D eigenvalue weighted by Crippen LogP contribution is 2.22. The van der Waals surface area contributed by atoms with E-state index in [-0.39, 0.29) is 6.54 Å². The second-order valence-corrected chi connectivity index (χ2v) is 4.66. The molecule has 8 heteroatoms. The molecule has 0 heterocycles. The Morgan fingerprint density at radius 3 is 1.95 bits per heavy atom. The first-order valence-corrected chi connectivity index (χ1v) is 6.18. The number of rotatable bonds is 5. The topological polar surface area (TPSA) is 29.1 Å². The van der Waals surface area contributed by atoms with Gasteiger partial charge < -0.3 is 5.32 Å². The van der Waals surface area contributed by atoms with E-state index >= 15 is 0 Å². The minimum Gasteiger partial charge on any atom is -0.350 e. The van der Waals surface area contributed by atoms with Gasteiger partial charge in [-0.2, -0.15) is 0 Å². The van der Waals surface area contributed by atoms with Crippen LogP contribution in [0.5, 0.6) is 0 Å². The molecule has 0 aromatic heterocycles. The van der Waals surface area contributed by atoms with E-state index in [0.29, 0.717) is 12.8 Å². The number of hydrogen-bond acceptors (Lipinski definition) is 1. The fraction of sp³-hybridized carbons (Fsp3) is 0.417. The summed E-state index contributed by atoms with van der Waals surface area (Å²) < 4.78 is 65.2. The standard InChI is InChI=1S/C12H11ClF5NO/c1-2-3-5(13)4-19-12(20)6-7(14)9(16)11(18)10(17)8(6)15/h5H,2-4H2,1H3,(H,19,20). The van der Waals surface area contributed by atoms with E-state index in [0.717, 1.165) is 0 Å². The summed E-state index contributed by atoms with van der Waals surface area (Å²) in [7, 11) is 0. The van der Waals surface area contributed by atoms with Crippen molar-refractivity contribution in [2.75, 3.05) is 6.54 Å². The highest BCUT2D eigenvalue weighted by Gasteiger charge is 2.29. The van der Waals surface area contributed by atoms with Gasteiger partial charge in [0.25, 0.3) is 5.91 Å². The first-order chi connectivity index (χ1) is 9.31. The van der Waals surface area contributed by atoms with E-state index < -0.39 is 45.9 Å². The summed E-state index contributed by atoms with van der Waals surface area (Å²) in [5.41, 5.74) is -1.51. The third-order valence-electron chi connectivity index (χ3n) is 2.52. The minimum absolute atomic E-state index is 0.145. The maximum absolute atomic E-state index is 13.3. The van der Waals surface area contributed by atoms with E-state index in [4.69, 9.17) is 11.6 Å². The number of benzene rings is 1. The predicted octanol–water partition coefficient (Wildman–Crippen LogP) is 3.52. The third kappa shape index (κ3) is 3.39. The molecule has 0 aliphatic carbocycles. The zero-order valence-electron chi connectivity index (χ0n) is 10.4. The predicted molar refractivity (Wildman–Crippen MR) is 63.1 cm³/mol. The Morgan fingerprint density at radius 1 is 1.05 bits per heavy atom. The van der Waals surface area contributed by atoms with Crippen LogP contribution in [0.3, 0.4) is 0 Å². The van der Waals surface area contributed by atoms with Gasteiger partial charge in [0.05, 0.1) is 5.38 Å². The summed E-state index contributed by atoms with van der Waals surface area (Å²) in [4.78, 5) is 11.5. The second kappa shape index (κ2) is 6.88. The van der Waals surface area contributed by atoms with E-state index in [1.54, 1.807) is 0 Å². The van der Waals surface area contributed by atoms with Crippen molar-refractivity contribution in [1.82, 2.24) is 5.32 Å². The monoisotopic (exact) mass is 315 g/mol. The second-order valence-electron chi connectivity index (χ2n) is 4.04. The lowest BCUT2D eigenvalue weighted by atomic mass is 10.1. The molecule has 2 nitrogen and oxygen atoms in total. The van der Waals surface area contributed by atoms with Crippen LogP contribution in [0.1, 0.15) is 30.1 Å². The van der Waals surface area contributed by atoms with E-state index in [2.05, 4.69) is 0 Å². The maximum Gasteiger partial charge on any atom is 0.257 e. The largest absolute Gasteiger partial charge is 0.350 e. The van der Waals surface area contributed by atoms with Crippen molar-refractivity contribution >= 4 is 17.5 Å².